The molecule has 26 heavy (non-hydrogen) atoms. The SMILES string of the molecule is COC(=O)[C@@H]1CC[C@@H](NC(=O)OC(C)(C)C)[C@@H](O[Si](C)(C)C(C)(C)C)C1. The Kier molecular flexibility index (Phi) is 7.32. The number of esters is 1. The largest absolute Gasteiger partial charge is 0.469 e. The van der Waals surface area contributed by atoms with Crippen LogP contribution in [0.1, 0.15) is 60.8 Å². The van der Waals surface area contributed by atoms with Crippen LogP contribution in [-0.2, 0) is 18.7 Å². The van der Waals surface area contributed by atoms with Crippen LogP contribution in [0.15, 0.2) is 0 Å². The minimum absolute atomic E-state index is 0.0433. The molecule has 1 fully saturated rings. The highest BCUT2D eigenvalue weighted by molar-refractivity contribution is 6.74. The average Bonchev–Trinajstić information content (AvgIpc) is 2.44. The molecule has 6 nitrogen and oxygen atoms in total. The lowest BCUT2D eigenvalue weighted by Crippen LogP contribution is -2.55. The number of hydrogen-bond donors (Lipinski definition) is 1. The summed E-state index contributed by atoms with van der Waals surface area (Å²) in [5, 5.41) is 3.00. The summed E-state index contributed by atoms with van der Waals surface area (Å²) in [4.78, 5) is 24.3. The number of methoxy groups -OCH3 is 1. The highest BCUT2D eigenvalue weighted by atomic mass is 28.4. The van der Waals surface area contributed by atoms with E-state index in [9.17, 15) is 9.59 Å². The highest BCUT2D eigenvalue weighted by Crippen LogP contribution is 2.40. The minimum Gasteiger partial charge on any atom is -0.469 e. The first kappa shape index (κ1) is 23.0. The van der Waals surface area contributed by atoms with Crippen molar-refractivity contribution in [1.29, 1.82) is 0 Å². The molecule has 1 amide bonds. The summed E-state index contributed by atoms with van der Waals surface area (Å²) in [5.41, 5.74) is -0.552. The Hall–Kier alpha value is -1.08. The molecule has 0 aromatic rings. The van der Waals surface area contributed by atoms with Crippen molar-refractivity contribution in [1.82, 2.24) is 5.32 Å². The lowest BCUT2D eigenvalue weighted by molar-refractivity contribution is -0.148. The Bertz CT molecular complexity index is 507. The molecule has 0 unspecified atom stereocenters. The molecule has 7 heteroatoms. The van der Waals surface area contributed by atoms with Gasteiger partial charge in [0.05, 0.1) is 25.2 Å². The zero-order valence-corrected chi connectivity index (χ0v) is 18.9. The van der Waals surface area contributed by atoms with Gasteiger partial charge in [-0.3, -0.25) is 4.79 Å². The van der Waals surface area contributed by atoms with Gasteiger partial charge in [0, 0.05) is 0 Å². The molecule has 0 aliphatic heterocycles. The number of alkyl carbamates (subject to hydrolysis) is 1. The van der Waals surface area contributed by atoms with E-state index in [0.29, 0.717) is 19.3 Å². The summed E-state index contributed by atoms with van der Waals surface area (Å²) in [6.07, 6.45) is 1.23. The predicted octanol–water partition coefficient (Wildman–Crippen LogP) is 4.24. The van der Waals surface area contributed by atoms with E-state index in [1.807, 2.05) is 20.8 Å². The summed E-state index contributed by atoms with van der Waals surface area (Å²) in [7, 11) is -0.637. The highest BCUT2D eigenvalue weighted by Gasteiger charge is 2.44. The van der Waals surface area contributed by atoms with Crippen molar-refractivity contribution in [3.8, 4) is 0 Å². The van der Waals surface area contributed by atoms with Gasteiger partial charge in [-0.25, -0.2) is 4.79 Å². The second-order valence-corrected chi connectivity index (χ2v) is 14.5. The van der Waals surface area contributed by atoms with Crippen molar-refractivity contribution in [2.45, 2.75) is 96.7 Å². The van der Waals surface area contributed by atoms with Crippen molar-refractivity contribution in [2.24, 2.45) is 5.92 Å². The number of amides is 1. The standard InChI is InChI=1S/C19H37NO5Si/c1-18(2,3)24-17(22)20-14-11-10-13(16(21)23-7)12-15(14)25-26(8,9)19(4,5)6/h13-15H,10-12H2,1-9H3,(H,20,22)/t13-,14-,15+/m1/s1. The molecular formula is C19H37NO5Si. The number of nitrogens with one attached hydrogen (secondary N) is 1. The van der Waals surface area contributed by atoms with Crippen LogP contribution in [0.3, 0.4) is 0 Å². The van der Waals surface area contributed by atoms with Gasteiger partial charge in [-0.05, 0) is 58.2 Å². The van der Waals surface area contributed by atoms with Crippen LogP contribution in [0.25, 0.3) is 0 Å². The molecule has 0 heterocycles. The maximum Gasteiger partial charge on any atom is 0.407 e. The topological polar surface area (TPSA) is 73.9 Å². The lowest BCUT2D eigenvalue weighted by atomic mass is 9.84. The maximum atomic E-state index is 12.2. The Balaban J connectivity index is 2.92. The predicted molar refractivity (Wildman–Crippen MR) is 105 cm³/mol. The molecule has 0 bridgehead atoms. The van der Waals surface area contributed by atoms with Gasteiger partial charge in [-0.2, -0.15) is 0 Å². The van der Waals surface area contributed by atoms with Gasteiger partial charge in [0.15, 0.2) is 8.32 Å². The second-order valence-electron chi connectivity index (χ2n) is 9.70. The summed E-state index contributed by atoms with van der Waals surface area (Å²) >= 11 is 0. The normalized spacial score (nSPS) is 24.7. The molecule has 3 atom stereocenters. The lowest BCUT2D eigenvalue weighted by Gasteiger charge is -2.44. The van der Waals surface area contributed by atoms with Gasteiger partial charge >= 0.3 is 12.1 Å². The Morgan fingerprint density at radius 3 is 2.08 bits per heavy atom. The zero-order valence-electron chi connectivity index (χ0n) is 17.9. The molecular weight excluding hydrogens is 350 g/mol. The third-order valence-corrected chi connectivity index (χ3v) is 9.78. The molecule has 1 aliphatic carbocycles. The smallest absolute Gasteiger partial charge is 0.407 e. The van der Waals surface area contributed by atoms with E-state index in [-0.39, 0.29) is 29.1 Å². The summed E-state index contributed by atoms with van der Waals surface area (Å²) in [5.74, 6) is -0.393. The van der Waals surface area contributed by atoms with Crippen LogP contribution in [0.5, 0.6) is 0 Å². The van der Waals surface area contributed by atoms with Gasteiger partial charge in [-0.15, -0.1) is 0 Å². The van der Waals surface area contributed by atoms with Crippen LogP contribution in [-0.4, -0.2) is 45.2 Å². The first-order valence-electron chi connectivity index (χ1n) is 9.41. The quantitative estimate of drug-likeness (QED) is 0.577. The Morgan fingerprint density at radius 1 is 1.04 bits per heavy atom. The number of carbonyl (C=O) groups is 2. The number of carbonyl (C=O) groups excluding carboxylic acids is 2. The first-order chi connectivity index (χ1) is 11.7. The van der Waals surface area contributed by atoms with Crippen LogP contribution < -0.4 is 5.32 Å². The Morgan fingerprint density at radius 2 is 1.62 bits per heavy atom. The number of ether oxygens (including phenoxy) is 2. The van der Waals surface area contributed by atoms with Crippen molar-refractivity contribution >= 4 is 20.4 Å². The van der Waals surface area contributed by atoms with E-state index in [0.717, 1.165) is 0 Å². The fourth-order valence-corrected chi connectivity index (χ4v) is 4.19. The number of hydrogen-bond acceptors (Lipinski definition) is 5. The van der Waals surface area contributed by atoms with Crippen LogP contribution in [0.4, 0.5) is 4.79 Å². The molecule has 0 radical (unpaired) electrons. The molecule has 1 rings (SSSR count). The molecule has 1 aliphatic rings. The van der Waals surface area contributed by atoms with Crippen molar-refractivity contribution in [3.05, 3.63) is 0 Å². The molecule has 1 N–H and O–H groups in total. The fourth-order valence-electron chi connectivity index (χ4n) is 2.82. The van der Waals surface area contributed by atoms with Gasteiger partial charge < -0.3 is 19.2 Å². The summed E-state index contributed by atoms with van der Waals surface area (Å²) < 4.78 is 16.9. The van der Waals surface area contributed by atoms with Gasteiger partial charge in [0.2, 0.25) is 0 Å². The molecule has 0 aromatic carbocycles. The van der Waals surface area contributed by atoms with Gasteiger partial charge in [0.25, 0.3) is 0 Å². The molecule has 1 saturated carbocycles. The maximum absolute atomic E-state index is 12.2. The molecule has 152 valence electrons. The monoisotopic (exact) mass is 387 g/mol. The Labute approximate surface area is 159 Å². The zero-order chi connectivity index (χ0) is 20.3. The van der Waals surface area contributed by atoms with E-state index < -0.39 is 20.0 Å². The van der Waals surface area contributed by atoms with Gasteiger partial charge in [0.1, 0.15) is 5.60 Å². The van der Waals surface area contributed by atoms with Crippen LogP contribution in [0, 0.1) is 5.92 Å². The van der Waals surface area contributed by atoms with E-state index in [4.69, 9.17) is 13.9 Å². The van der Waals surface area contributed by atoms with E-state index in [1.54, 1.807) is 0 Å². The molecule has 0 spiro atoms. The van der Waals surface area contributed by atoms with Crippen LogP contribution >= 0.6 is 0 Å². The first-order valence-corrected chi connectivity index (χ1v) is 12.3. The third-order valence-electron chi connectivity index (χ3n) is 5.28. The fraction of sp³-hybridized carbons (Fsp3) is 0.895. The summed E-state index contributed by atoms with van der Waals surface area (Å²) in [6.45, 7) is 16.4. The second kappa shape index (κ2) is 8.29. The number of rotatable bonds is 4. The third kappa shape index (κ3) is 6.58. The van der Waals surface area contributed by atoms with Gasteiger partial charge in [-0.1, -0.05) is 20.8 Å². The van der Waals surface area contributed by atoms with E-state index in [1.165, 1.54) is 7.11 Å². The van der Waals surface area contributed by atoms with E-state index in [2.05, 4.69) is 39.2 Å². The molecule has 0 aromatic heterocycles. The van der Waals surface area contributed by atoms with Crippen LogP contribution in [0.2, 0.25) is 18.1 Å². The summed E-state index contributed by atoms with van der Waals surface area (Å²) in [6, 6.07) is -0.167. The van der Waals surface area contributed by atoms with E-state index >= 15 is 0 Å². The minimum atomic E-state index is -2.05. The molecule has 0 saturated heterocycles. The average molecular weight is 388 g/mol. The van der Waals surface area contributed by atoms with Crippen molar-refractivity contribution < 1.29 is 23.5 Å². The van der Waals surface area contributed by atoms with Crippen molar-refractivity contribution in [3.63, 3.8) is 0 Å². The van der Waals surface area contributed by atoms with Crippen molar-refractivity contribution in [2.75, 3.05) is 7.11 Å².